The standard InChI is InChI=1S/C14H18N2O2/c1-4-16(9-5-8-15)14(17)12-10-11(2)6-7-13(12)18-3/h6-7,10H,4-5,9H2,1-3H3. The molecule has 1 aromatic rings. The number of ether oxygens (including phenoxy) is 1. The second-order valence-electron chi connectivity index (χ2n) is 4.00. The Bertz CT molecular complexity index is 463. The Balaban J connectivity index is 3.00. The summed E-state index contributed by atoms with van der Waals surface area (Å²) in [5.74, 6) is 0.481. The highest BCUT2D eigenvalue weighted by atomic mass is 16.5. The molecule has 96 valence electrons. The van der Waals surface area contributed by atoms with Crippen LogP contribution in [0.3, 0.4) is 0 Å². The monoisotopic (exact) mass is 246 g/mol. The van der Waals surface area contributed by atoms with Crippen molar-refractivity contribution in [1.29, 1.82) is 5.26 Å². The number of hydrogen-bond donors (Lipinski definition) is 0. The van der Waals surface area contributed by atoms with Gasteiger partial charge in [0.15, 0.2) is 0 Å². The molecule has 0 aromatic heterocycles. The zero-order chi connectivity index (χ0) is 13.5. The van der Waals surface area contributed by atoms with Gasteiger partial charge >= 0.3 is 0 Å². The number of nitriles is 1. The summed E-state index contributed by atoms with van der Waals surface area (Å²) in [4.78, 5) is 14.0. The van der Waals surface area contributed by atoms with Gasteiger partial charge in [-0.25, -0.2) is 0 Å². The largest absolute Gasteiger partial charge is 0.496 e. The van der Waals surface area contributed by atoms with Gasteiger partial charge in [0.25, 0.3) is 5.91 Å². The van der Waals surface area contributed by atoms with Gasteiger partial charge in [-0.15, -0.1) is 0 Å². The first kappa shape index (κ1) is 14.0. The first-order valence-electron chi connectivity index (χ1n) is 5.94. The van der Waals surface area contributed by atoms with E-state index < -0.39 is 0 Å². The second-order valence-corrected chi connectivity index (χ2v) is 4.00. The highest BCUT2D eigenvalue weighted by Crippen LogP contribution is 2.21. The molecular formula is C14H18N2O2. The Morgan fingerprint density at radius 3 is 2.78 bits per heavy atom. The molecule has 0 saturated carbocycles. The van der Waals surface area contributed by atoms with Crippen LogP contribution in [0.25, 0.3) is 0 Å². The van der Waals surface area contributed by atoms with E-state index in [0.29, 0.717) is 30.8 Å². The third-order valence-corrected chi connectivity index (χ3v) is 2.75. The van der Waals surface area contributed by atoms with Crippen LogP contribution in [-0.4, -0.2) is 31.0 Å². The van der Waals surface area contributed by atoms with Crippen LogP contribution in [0, 0.1) is 18.3 Å². The highest BCUT2D eigenvalue weighted by molar-refractivity contribution is 5.97. The number of benzene rings is 1. The van der Waals surface area contributed by atoms with Crippen molar-refractivity contribution in [1.82, 2.24) is 4.90 Å². The third kappa shape index (κ3) is 3.24. The lowest BCUT2D eigenvalue weighted by Gasteiger charge is -2.21. The fraction of sp³-hybridized carbons (Fsp3) is 0.429. The quantitative estimate of drug-likeness (QED) is 0.801. The number of carbonyl (C=O) groups is 1. The lowest BCUT2D eigenvalue weighted by molar-refractivity contribution is 0.0764. The van der Waals surface area contributed by atoms with Crippen molar-refractivity contribution in [3.05, 3.63) is 29.3 Å². The van der Waals surface area contributed by atoms with E-state index >= 15 is 0 Å². The molecule has 0 N–H and O–H groups in total. The predicted octanol–water partition coefficient (Wildman–Crippen LogP) is 2.38. The molecular weight excluding hydrogens is 228 g/mol. The molecule has 0 saturated heterocycles. The van der Waals surface area contributed by atoms with Crippen LogP contribution in [0.5, 0.6) is 5.75 Å². The number of aryl methyl sites for hydroxylation is 1. The van der Waals surface area contributed by atoms with Gasteiger partial charge in [0.05, 0.1) is 25.2 Å². The Morgan fingerprint density at radius 1 is 1.50 bits per heavy atom. The summed E-state index contributed by atoms with van der Waals surface area (Å²) in [7, 11) is 1.55. The number of nitrogens with zero attached hydrogens (tertiary/aromatic N) is 2. The van der Waals surface area contributed by atoms with Crippen molar-refractivity contribution in [2.24, 2.45) is 0 Å². The lowest BCUT2D eigenvalue weighted by Crippen LogP contribution is -2.32. The molecule has 0 aliphatic carbocycles. The van der Waals surface area contributed by atoms with E-state index in [4.69, 9.17) is 10.00 Å². The maximum Gasteiger partial charge on any atom is 0.257 e. The van der Waals surface area contributed by atoms with Gasteiger partial charge in [-0.2, -0.15) is 5.26 Å². The average Bonchev–Trinajstić information content (AvgIpc) is 2.39. The van der Waals surface area contributed by atoms with E-state index in [1.165, 1.54) is 0 Å². The molecule has 0 aliphatic heterocycles. The number of hydrogen-bond acceptors (Lipinski definition) is 3. The molecule has 0 aliphatic rings. The Kier molecular flexibility index (Phi) is 5.19. The fourth-order valence-electron chi connectivity index (χ4n) is 1.75. The zero-order valence-electron chi connectivity index (χ0n) is 11.1. The molecule has 0 atom stereocenters. The third-order valence-electron chi connectivity index (χ3n) is 2.75. The van der Waals surface area contributed by atoms with Crippen LogP contribution < -0.4 is 4.74 Å². The maximum absolute atomic E-state index is 12.4. The van der Waals surface area contributed by atoms with Crippen molar-refractivity contribution >= 4 is 5.91 Å². The summed E-state index contributed by atoms with van der Waals surface area (Å²) in [6.45, 7) is 4.86. The summed E-state index contributed by atoms with van der Waals surface area (Å²) < 4.78 is 5.21. The molecule has 0 spiro atoms. The van der Waals surface area contributed by atoms with E-state index in [-0.39, 0.29) is 5.91 Å². The molecule has 4 heteroatoms. The topological polar surface area (TPSA) is 53.3 Å². The zero-order valence-corrected chi connectivity index (χ0v) is 11.1. The van der Waals surface area contributed by atoms with Gasteiger partial charge in [0, 0.05) is 13.1 Å². The molecule has 18 heavy (non-hydrogen) atoms. The van der Waals surface area contributed by atoms with Crippen molar-refractivity contribution in [2.45, 2.75) is 20.3 Å². The average molecular weight is 246 g/mol. The van der Waals surface area contributed by atoms with Crippen molar-refractivity contribution in [3.8, 4) is 11.8 Å². The minimum atomic E-state index is -0.0895. The highest BCUT2D eigenvalue weighted by Gasteiger charge is 2.18. The molecule has 1 amide bonds. The minimum absolute atomic E-state index is 0.0895. The van der Waals surface area contributed by atoms with E-state index in [2.05, 4.69) is 6.07 Å². The van der Waals surface area contributed by atoms with E-state index in [1.807, 2.05) is 26.0 Å². The fourth-order valence-corrected chi connectivity index (χ4v) is 1.75. The molecule has 0 unspecified atom stereocenters. The Morgan fingerprint density at radius 2 is 2.22 bits per heavy atom. The van der Waals surface area contributed by atoms with Crippen molar-refractivity contribution in [3.63, 3.8) is 0 Å². The Labute approximate surface area is 108 Å². The summed E-state index contributed by atoms with van der Waals surface area (Å²) in [6, 6.07) is 7.57. The molecule has 0 bridgehead atoms. The van der Waals surface area contributed by atoms with Crippen LogP contribution in [0.1, 0.15) is 29.3 Å². The number of methoxy groups -OCH3 is 1. The summed E-state index contributed by atoms with van der Waals surface area (Å²) in [6.07, 6.45) is 0.341. The predicted molar refractivity (Wildman–Crippen MR) is 69.5 cm³/mol. The van der Waals surface area contributed by atoms with Gasteiger partial charge in [-0.3, -0.25) is 4.79 Å². The molecule has 0 radical (unpaired) electrons. The van der Waals surface area contributed by atoms with E-state index in [1.54, 1.807) is 18.1 Å². The molecule has 1 aromatic carbocycles. The summed E-state index contributed by atoms with van der Waals surface area (Å²) >= 11 is 0. The normalized spacial score (nSPS) is 9.67. The second kappa shape index (κ2) is 6.65. The molecule has 0 heterocycles. The van der Waals surface area contributed by atoms with Gasteiger partial charge in [0.1, 0.15) is 5.75 Å². The van der Waals surface area contributed by atoms with Crippen LogP contribution in [0.2, 0.25) is 0 Å². The first-order chi connectivity index (χ1) is 8.63. The smallest absolute Gasteiger partial charge is 0.257 e. The van der Waals surface area contributed by atoms with Crippen molar-refractivity contribution < 1.29 is 9.53 Å². The molecule has 1 rings (SSSR count). The first-order valence-corrected chi connectivity index (χ1v) is 5.94. The van der Waals surface area contributed by atoms with Crippen LogP contribution in [0.15, 0.2) is 18.2 Å². The van der Waals surface area contributed by atoms with Crippen LogP contribution >= 0.6 is 0 Å². The SMILES string of the molecule is CCN(CCC#N)C(=O)c1cc(C)ccc1OC. The van der Waals surface area contributed by atoms with Crippen LogP contribution in [0.4, 0.5) is 0 Å². The van der Waals surface area contributed by atoms with Crippen molar-refractivity contribution in [2.75, 3.05) is 20.2 Å². The lowest BCUT2D eigenvalue weighted by atomic mass is 10.1. The molecule has 0 fully saturated rings. The van der Waals surface area contributed by atoms with Crippen LogP contribution in [-0.2, 0) is 0 Å². The van der Waals surface area contributed by atoms with Gasteiger partial charge < -0.3 is 9.64 Å². The Hall–Kier alpha value is -2.02. The minimum Gasteiger partial charge on any atom is -0.496 e. The summed E-state index contributed by atoms with van der Waals surface area (Å²) in [5, 5.41) is 8.60. The van der Waals surface area contributed by atoms with Gasteiger partial charge in [-0.05, 0) is 26.0 Å². The number of carbonyl (C=O) groups excluding carboxylic acids is 1. The van der Waals surface area contributed by atoms with Gasteiger partial charge in [0.2, 0.25) is 0 Å². The van der Waals surface area contributed by atoms with E-state index in [0.717, 1.165) is 5.56 Å². The number of amides is 1. The summed E-state index contributed by atoms with van der Waals surface area (Å²) in [5.41, 5.74) is 1.56. The maximum atomic E-state index is 12.4. The van der Waals surface area contributed by atoms with E-state index in [9.17, 15) is 4.79 Å². The van der Waals surface area contributed by atoms with Gasteiger partial charge in [-0.1, -0.05) is 11.6 Å². The number of rotatable bonds is 5. The molecule has 4 nitrogen and oxygen atoms in total.